The van der Waals surface area contributed by atoms with E-state index >= 15 is 8.78 Å². The number of pyridine rings is 1. The lowest BCUT2D eigenvalue weighted by Gasteiger charge is -2.29. The first-order valence-electron chi connectivity index (χ1n) is 24.6. The van der Waals surface area contributed by atoms with Crippen LogP contribution in [0.25, 0.3) is 22.0 Å². The van der Waals surface area contributed by atoms with E-state index in [0.29, 0.717) is 21.9 Å². The molecule has 3 heterocycles. The molecule has 3 aromatic carbocycles. The summed E-state index contributed by atoms with van der Waals surface area (Å²) in [5.41, 5.74) is -6.91. The van der Waals surface area contributed by atoms with E-state index in [1.54, 1.807) is 19.9 Å². The largest absolute Gasteiger partial charge is 0.524 e. The fraction of sp³-hybridized carbons (Fsp3) is 0.404. The Labute approximate surface area is 472 Å². The molecule has 0 aliphatic heterocycles. The van der Waals surface area contributed by atoms with E-state index in [1.807, 2.05) is 4.72 Å². The van der Waals surface area contributed by atoms with Crippen LogP contribution < -0.4 is 14.6 Å². The van der Waals surface area contributed by atoms with Crippen LogP contribution >= 0.6 is 19.4 Å². The van der Waals surface area contributed by atoms with Crippen molar-refractivity contribution in [2.45, 2.75) is 120 Å². The predicted octanol–water partition coefficient (Wildman–Crippen LogP) is 9.69. The Balaban J connectivity index is 1.26. The molecular weight excluding hydrogens is 1200 g/mol. The molecule has 0 spiro atoms. The molecule has 1 fully saturated rings. The highest BCUT2D eigenvalue weighted by Gasteiger charge is 2.68. The van der Waals surface area contributed by atoms with Crippen LogP contribution in [0.2, 0.25) is 5.02 Å². The number of fused-ring (bicyclic) bond motifs is 4. The lowest BCUT2D eigenvalue weighted by molar-refractivity contribution is -0.143. The van der Waals surface area contributed by atoms with Crippen LogP contribution in [0.5, 0.6) is 5.75 Å². The molecule has 0 unspecified atom stereocenters. The van der Waals surface area contributed by atoms with Gasteiger partial charge in [0.25, 0.3) is 5.92 Å². The summed E-state index contributed by atoms with van der Waals surface area (Å²) in [6.07, 6.45) is -11.2. The van der Waals surface area contributed by atoms with Crippen LogP contribution in [0.15, 0.2) is 54.6 Å². The Morgan fingerprint density at radius 1 is 0.916 bits per heavy atom. The average molecular weight is 1250 g/mol. The second kappa shape index (κ2) is 21.5. The van der Waals surface area contributed by atoms with Gasteiger partial charge in [-0.3, -0.25) is 33.5 Å². The number of sulfonamides is 1. The zero-order valence-corrected chi connectivity index (χ0v) is 47.8. The van der Waals surface area contributed by atoms with Gasteiger partial charge in [-0.25, -0.2) is 35.2 Å². The molecule has 446 valence electrons. The van der Waals surface area contributed by atoms with Gasteiger partial charge in [-0.15, -0.1) is 0 Å². The minimum atomic E-state index is -5.24. The summed E-state index contributed by atoms with van der Waals surface area (Å²) in [6.45, 7) is 5.24. The summed E-state index contributed by atoms with van der Waals surface area (Å²) >= 11 is 6.69. The number of halogens is 11. The summed E-state index contributed by atoms with van der Waals surface area (Å²) in [5, 5.41) is 8.95. The fourth-order valence-electron chi connectivity index (χ4n) is 10.4. The van der Waals surface area contributed by atoms with Gasteiger partial charge in [0.2, 0.25) is 21.8 Å². The molecule has 0 saturated heterocycles. The number of benzene rings is 3. The number of carbonyl (C=O) groups is 2. The van der Waals surface area contributed by atoms with Crippen molar-refractivity contribution in [2.75, 3.05) is 6.26 Å². The Hall–Kier alpha value is -6.57. The molecule has 2 aliphatic rings. The number of aryl methyl sites for hydroxylation is 2. The monoisotopic (exact) mass is 1250 g/mol. The number of carbonyl (C=O) groups excluding carboxylic acids is 2. The van der Waals surface area contributed by atoms with Crippen LogP contribution in [0.1, 0.15) is 109 Å². The van der Waals surface area contributed by atoms with Crippen molar-refractivity contribution in [3.8, 4) is 28.7 Å². The van der Waals surface area contributed by atoms with E-state index in [0.717, 1.165) is 42.7 Å². The van der Waals surface area contributed by atoms with Crippen molar-refractivity contribution in [2.24, 2.45) is 5.92 Å². The highest BCUT2D eigenvalue weighted by atomic mass is 35.5. The molecule has 0 radical (unpaired) electrons. The summed E-state index contributed by atoms with van der Waals surface area (Å²) in [6, 6.07) is 7.71. The van der Waals surface area contributed by atoms with Crippen LogP contribution in [0.3, 0.4) is 0 Å². The SMILES string of the molecule is Cc1cc(C)c(C(C)(C)CC(=O)NS(=O)(=O)Cc2nn(CC(F)(F)F)c3c(-c4ccc(C#CC(C)(C)S(C)(=O)=O)nc4[C@H](Cc4cc(F)cc(F)c4)NC(=O)Cn4nc(C(F)(F)F)c5c4C(F)(F)[C@@H]4C[C@H]54)ccc(Cl)c23)c(OP(=O)(O)O)c1. The van der Waals surface area contributed by atoms with Gasteiger partial charge in [0.05, 0.1) is 28.0 Å². The Kier molecular flexibility index (Phi) is 16.2. The number of alkyl halides is 8. The van der Waals surface area contributed by atoms with Gasteiger partial charge >= 0.3 is 20.2 Å². The number of aromatic nitrogens is 5. The highest BCUT2D eigenvalue weighted by Crippen LogP contribution is 2.68. The third-order valence-electron chi connectivity index (χ3n) is 13.9. The van der Waals surface area contributed by atoms with Crippen molar-refractivity contribution in [1.29, 1.82) is 0 Å². The van der Waals surface area contributed by atoms with Crippen LogP contribution in [0.4, 0.5) is 43.9 Å². The van der Waals surface area contributed by atoms with Gasteiger partial charge < -0.3 is 9.84 Å². The van der Waals surface area contributed by atoms with Gasteiger partial charge in [0.15, 0.2) is 15.5 Å². The van der Waals surface area contributed by atoms with Crippen molar-refractivity contribution >= 4 is 62.0 Å². The van der Waals surface area contributed by atoms with E-state index in [-0.39, 0.29) is 44.8 Å². The Morgan fingerprint density at radius 3 is 2.16 bits per heavy atom. The minimum absolute atomic E-state index is 0.119. The van der Waals surface area contributed by atoms with E-state index in [1.165, 1.54) is 33.8 Å². The van der Waals surface area contributed by atoms with Gasteiger partial charge in [-0.2, -0.15) is 45.3 Å². The van der Waals surface area contributed by atoms with E-state index in [9.17, 15) is 75.9 Å². The molecule has 0 bridgehead atoms. The molecular formula is C52H49ClF10N7O10PS2. The molecule has 2 aliphatic carbocycles. The zero-order chi connectivity index (χ0) is 61.7. The smallest absolute Gasteiger partial charge is 0.404 e. The molecule has 4 N–H and O–H groups in total. The summed E-state index contributed by atoms with van der Waals surface area (Å²) in [4.78, 5) is 51.7. The Bertz CT molecular complexity index is 4000. The maximum Gasteiger partial charge on any atom is 0.524 e. The Morgan fingerprint density at radius 2 is 1.55 bits per heavy atom. The standard InChI is InChI=1S/C52H49ClF10N7O10PS2/c1-25-14-26(2)43(38(15-25)80-81(73,74)75)48(3,4)21-39(71)68-83(78,79)23-37-42-35(53)11-10-32(45(42)70(66-37)24-50(56,57)58)31-9-8-30(12-13-49(5,6)82(7,76)77)64-44(31)36(18-27-16-28(54)19-29(55)17-27)65-40(72)22-69-47-41(46(67-69)52(61,62)63)33-20-34(33)51(47,59)60/h8-11,14-17,19,33-34,36H,18,20-24H2,1-7H3,(H,65,72)(H,68,71)(H2,73,74,75)/t33-,34+,36-/m0/s1. The molecule has 3 aromatic heterocycles. The highest BCUT2D eigenvalue weighted by molar-refractivity contribution is 7.92. The molecule has 2 amide bonds. The third kappa shape index (κ3) is 13.5. The second-order valence-corrected chi connectivity index (χ2v) is 27.4. The predicted molar refractivity (Wildman–Crippen MR) is 280 cm³/mol. The van der Waals surface area contributed by atoms with Gasteiger partial charge in [0, 0.05) is 57.7 Å². The zero-order valence-electron chi connectivity index (χ0n) is 44.5. The van der Waals surface area contributed by atoms with Crippen molar-refractivity contribution in [3.63, 3.8) is 0 Å². The van der Waals surface area contributed by atoms with Gasteiger partial charge in [-0.1, -0.05) is 43.5 Å². The van der Waals surface area contributed by atoms with Crippen LogP contribution in [-0.2, 0) is 76.8 Å². The molecule has 17 nitrogen and oxygen atoms in total. The maximum atomic E-state index is 15.7. The van der Waals surface area contributed by atoms with Gasteiger partial charge in [0.1, 0.15) is 52.4 Å². The molecule has 6 aromatic rings. The van der Waals surface area contributed by atoms with Crippen molar-refractivity contribution in [1.82, 2.24) is 34.6 Å². The fourth-order valence-corrected chi connectivity index (χ4v) is 12.3. The normalized spacial score (nSPS) is 16.7. The van der Waals surface area contributed by atoms with E-state index < -0.39 is 173 Å². The topological polar surface area (TPSA) is 242 Å². The first kappa shape index (κ1) is 62.5. The number of rotatable bonds is 17. The second-order valence-electron chi connectivity index (χ2n) is 21.5. The summed E-state index contributed by atoms with van der Waals surface area (Å²) in [5.74, 6) is -7.98. The lowest BCUT2D eigenvalue weighted by Crippen LogP contribution is -2.36. The number of sulfone groups is 1. The van der Waals surface area contributed by atoms with E-state index in [2.05, 4.69) is 32.3 Å². The van der Waals surface area contributed by atoms with E-state index in [4.69, 9.17) is 16.1 Å². The number of hydrogen-bond donors (Lipinski definition) is 4. The van der Waals surface area contributed by atoms with Crippen molar-refractivity contribution in [3.05, 3.63) is 128 Å². The maximum absolute atomic E-state index is 15.7. The number of hydrogen-bond acceptors (Lipinski definition) is 11. The number of phosphoric acid groups is 1. The number of nitrogens with one attached hydrogen (secondary N) is 2. The lowest BCUT2D eigenvalue weighted by atomic mass is 9.78. The molecule has 31 heteroatoms. The number of nitrogens with zero attached hydrogens (tertiary/aromatic N) is 5. The summed E-state index contributed by atoms with van der Waals surface area (Å²) < 4.78 is 219. The van der Waals surface area contributed by atoms with Crippen LogP contribution in [-0.4, -0.2) is 80.2 Å². The van der Waals surface area contributed by atoms with Gasteiger partial charge in [-0.05, 0) is 105 Å². The minimum Gasteiger partial charge on any atom is -0.404 e. The quantitative estimate of drug-likeness (QED) is 0.0378. The van der Waals surface area contributed by atoms with Crippen molar-refractivity contribution < 1.29 is 89.2 Å². The number of phosphoric ester groups is 1. The molecule has 83 heavy (non-hydrogen) atoms. The molecule has 1 saturated carbocycles. The molecule has 3 atom stereocenters. The first-order chi connectivity index (χ1) is 37.9. The molecule has 8 rings (SSSR count). The average Bonchev–Trinajstić information content (AvgIpc) is 1.54. The first-order valence-corrected chi connectivity index (χ1v) is 30.1. The van der Waals surface area contributed by atoms with Crippen LogP contribution in [0, 0.1) is 43.2 Å². The third-order valence-corrected chi connectivity index (χ3v) is 17.8. The summed E-state index contributed by atoms with van der Waals surface area (Å²) in [7, 11) is -14.1. The number of amides is 2.